The molecule has 98 valence electrons. The lowest BCUT2D eigenvalue weighted by Gasteiger charge is -2.11. The van der Waals surface area contributed by atoms with Gasteiger partial charge < -0.3 is 15.4 Å². The molecule has 0 unspecified atom stereocenters. The third-order valence-electron chi connectivity index (χ3n) is 1.78. The minimum Gasteiger partial charge on any atom is -0.385 e. The number of nitrogens with one attached hydrogen (secondary N) is 2. The summed E-state index contributed by atoms with van der Waals surface area (Å²) in [4.78, 5) is 4.46. The maximum Gasteiger partial charge on any atom is 0.191 e. The normalized spacial score (nSPS) is 11.2. The van der Waals surface area contributed by atoms with E-state index in [0.29, 0.717) is 5.92 Å². The van der Waals surface area contributed by atoms with E-state index >= 15 is 0 Å². The number of aliphatic imine (C=N–C) groups is 1. The molecule has 0 aliphatic rings. The molecular weight excluding hydrogens is 317 g/mol. The molecule has 0 aromatic rings. The average molecular weight is 343 g/mol. The lowest BCUT2D eigenvalue weighted by molar-refractivity contribution is 0.195. The van der Waals surface area contributed by atoms with Crippen molar-refractivity contribution in [2.45, 2.75) is 27.2 Å². The minimum atomic E-state index is 0. The van der Waals surface area contributed by atoms with E-state index < -0.39 is 0 Å². The molecule has 16 heavy (non-hydrogen) atoms. The van der Waals surface area contributed by atoms with Crippen LogP contribution in [0.2, 0.25) is 0 Å². The molecule has 4 nitrogen and oxygen atoms in total. The molecule has 0 rings (SSSR count). The van der Waals surface area contributed by atoms with Crippen molar-refractivity contribution >= 4 is 29.9 Å². The Kier molecular flexibility index (Phi) is 14.9. The highest BCUT2D eigenvalue weighted by Crippen LogP contribution is 1.91. The second-order valence-corrected chi connectivity index (χ2v) is 3.89. The van der Waals surface area contributed by atoms with Crippen LogP contribution in [0, 0.1) is 5.92 Å². The van der Waals surface area contributed by atoms with Crippen molar-refractivity contribution in [3.63, 3.8) is 0 Å². The molecule has 0 aromatic heterocycles. The summed E-state index contributed by atoms with van der Waals surface area (Å²) in [6.45, 7) is 9.85. The lowest BCUT2D eigenvalue weighted by atomic mass is 10.2. The van der Waals surface area contributed by atoms with Crippen LogP contribution in [-0.4, -0.2) is 39.3 Å². The van der Waals surface area contributed by atoms with Gasteiger partial charge in [-0.25, -0.2) is 0 Å². The Morgan fingerprint density at radius 1 is 1.31 bits per heavy atom. The van der Waals surface area contributed by atoms with Gasteiger partial charge >= 0.3 is 0 Å². The van der Waals surface area contributed by atoms with Gasteiger partial charge in [0.25, 0.3) is 0 Å². The lowest BCUT2D eigenvalue weighted by Crippen LogP contribution is -2.38. The second kappa shape index (κ2) is 13.0. The van der Waals surface area contributed by atoms with Crippen molar-refractivity contribution in [2.75, 3.05) is 33.4 Å². The van der Waals surface area contributed by atoms with E-state index in [2.05, 4.69) is 36.4 Å². The van der Waals surface area contributed by atoms with Gasteiger partial charge in [-0.3, -0.25) is 4.99 Å². The second-order valence-electron chi connectivity index (χ2n) is 3.89. The van der Waals surface area contributed by atoms with Crippen molar-refractivity contribution < 1.29 is 4.74 Å². The van der Waals surface area contributed by atoms with Gasteiger partial charge in [0.1, 0.15) is 0 Å². The van der Waals surface area contributed by atoms with Gasteiger partial charge in [-0.2, -0.15) is 0 Å². The molecule has 0 fully saturated rings. The van der Waals surface area contributed by atoms with Gasteiger partial charge in [-0.1, -0.05) is 13.8 Å². The molecule has 0 amide bonds. The number of methoxy groups -OCH3 is 1. The number of hydrogen-bond donors (Lipinski definition) is 2. The molecule has 0 aromatic carbocycles. The summed E-state index contributed by atoms with van der Waals surface area (Å²) >= 11 is 0. The Hall–Kier alpha value is -0.0400. The zero-order chi connectivity index (χ0) is 11.5. The highest BCUT2D eigenvalue weighted by molar-refractivity contribution is 14.0. The SMILES string of the molecule is CCNC(=NCC(C)C)NCCCOC.I. The molecule has 0 radical (unpaired) electrons. The summed E-state index contributed by atoms with van der Waals surface area (Å²) < 4.78 is 4.98. The first-order chi connectivity index (χ1) is 7.20. The largest absolute Gasteiger partial charge is 0.385 e. The van der Waals surface area contributed by atoms with E-state index in [9.17, 15) is 0 Å². The molecule has 0 heterocycles. The third kappa shape index (κ3) is 12.0. The highest BCUT2D eigenvalue weighted by atomic mass is 127. The molecule has 0 saturated carbocycles. The summed E-state index contributed by atoms with van der Waals surface area (Å²) in [5, 5.41) is 6.48. The Labute approximate surface area is 117 Å². The van der Waals surface area contributed by atoms with E-state index in [-0.39, 0.29) is 24.0 Å². The van der Waals surface area contributed by atoms with Crippen LogP contribution in [0.4, 0.5) is 0 Å². The average Bonchev–Trinajstić information content (AvgIpc) is 2.20. The number of rotatable bonds is 7. The third-order valence-corrected chi connectivity index (χ3v) is 1.78. The molecule has 2 N–H and O–H groups in total. The number of hydrogen-bond acceptors (Lipinski definition) is 2. The van der Waals surface area contributed by atoms with Gasteiger partial charge in [-0.15, -0.1) is 24.0 Å². The first-order valence-electron chi connectivity index (χ1n) is 5.71. The summed E-state index contributed by atoms with van der Waals surface area (Å²) in [7, 11) is 1.72. The predicted molar refractivity (Wildman–Crippen MR) is 80.7 cm³/mol. The van der Waals surface area contributed by atoms with Crippen molar-refractivity contribution in [3.8, 4) is 0 Å². The fourth-order valence-corrected chi connectivity index (χ4v) is 1.04. The smallest absolute Gasteiger partial charge is 0.191 e. The predicted octanol–water partition coefficient (Wildman–Crippen LogP) is 1.85. The molecule has 0 aliphatic heterocycles. The monoisotopic (exact) mass is 343 g/mol. The van der Waals surface area contributed by atoms with Crippen LogP contribution < -0.4 is 10.6 Å². The summed E-state index contributed by atoms with van der Waals surface area (Å²) in [5.74, 6) is 1.50. The molecule has 0 aliphatic carbocycles. The van der Waals surface area contributed by atoms with E-state index in [1.54, 1.807) is 7.11 Å². The van der Waals surface area contributed by atoms with Crippen LogP contribution in [0.1, 0.15) is 27.2 Å². The maximum atomic E-state index is 4.98. The molecular formula is C11H26IN3O. The first kappa shape index (κ1) is 18.3. The molecule has 5 heteroatoms. The maximum absolute atomic E-state index is 4.98. The van der Waals surface area contributed by atoms with Crippen molar-refractivity contribution in [3.05, 3.63) is 0 Å². The zero-order valence-electron chi connectivity index (χ0n) is 10.9. The number of ether oxygens (including phenoxy) is 1. The molecule has 0 atom stereocenters. The van der Waals surface area contributed by atoms with Crippen LogP contribution in [-0.2, 0) is 4.74 Å². The minimum absolute atomic E-state index is 0. The fourth-order valence-electron chi connectivity index (χ4n) is 1.04. The van der Waals surface area contributed by atoms with Gasteiger partial charge in [0.2, 0.25) is 0 Å². The Morgan fingerprint density at radius 2 is 2.00 bits per heavy atom. The quantitative estimate of drug-likeness (QED) is 0.321. The Balaban J connectivity index is 0. The van der Waals surface area contributed by atoms with Crippen molar-refractivity contribution in [1.82, 2.24) is 10.6 Å². The fraction of sp³-hybridized carbons (Fsp3) is 0.909. The molecule has 0 spiro atoms. The molecule has 0 saturated heterocycles. The first-order valence-corrected chi connectivity index (χ1v) is 5.71. The van der Waals surface area contributed by atoms with E-state index in [1.165, 1.54) is 0 Å². The van der Waals surface area contributed by atoms with Gasteiger partial charge in [0.15, 0.2) is 5.96 Å². The van der Waals surface area contributed by atoms with Crippen LogP contribution in [0.25, 0.3) is 0 Å². The van der Waals surface area contributed by atoms with E-state index in [1.807, 2.05) is 0 Å². The van der Waals surface area contributed by atoms with Gasteiger partial charge in [-0.05, 0) is 19.3 Å². The van der Waals surface area contributed by atoms with Crippen molar-refractivity contribution in [1.29, 1.82) is 0 Å². The van der Waals surface area contributed by atoms with Crippen LogP contribution in [0.3, 0.4) is 0 Å². The van der Waals surface area contributed by atoms with Crippen LogP contribution in [0.15, 0.2) is 4.99 Å². The summed E-state index contributed by atoms with van der Waals surface area (Å²) in [5.41, 5.74) is 0. The van der Waals surface area contributed by atoms with E-state index in [0.717, 1.165) is 38.6 Å². The number of nitrogens with zero attached hydrogens (tertiary/aromatic N) is 1. The Bertz CT molecular complexity index is 175. The standard InChI is InChI=1S/C11H25N3O.HI/c1-5-12-11(14-9-10(2)3)13-7-6-8-15-4;/h10H,5-9H2,1-4H3,(H2,12,13,14);1H. The van der Waals surface area contributed by atoms with Crippen LogP contribution >= 0.6 is 24.0 Å². The number of guanidine groups is 1. The van der Waals surface area contributed by atoms with Gasteiger partial charge in [0, 0.05) is 33.4 Å². The summed E-state index contributed by atoms with van der Waals surface area (Å²) in [6.07, 6.45) is 1.00. The van der Waals surface area contributed by atoms with Gasteiger partial charge in [0.05, 0.1) is 0 Å². The topological polar surface area (TPSA) is 45.7 Å². The van der Waals surface area contributed by atoms with E-state index in [4.69, 9.17) is 4.74 Å². The summed E-state index contributed by atoms with van der Waals surface area (Å²) in [6, 6.07) is 0. The Morgan fingerprint density at radius 3 is 2.50 bits per heavy atom. The highest BCUT2D eigenvalue weighted by Gasteiger charge is 1.97. The zero-order valence-corrected chi connectivity index (χ0v) is 13.2. The molecule has 0 bridgehead atoms. The number of halogens is 1. The van der Waals surface area contributed by atoms with Crippen LogP contribution in [0.5, 0.6) is 0 Å². The van der Waals surface area contributed by atoms with Crippen molar-refractivity contribution in [2.24, 2.45) is 10.9 Å².